The number of para-hydroxylation sites is 3. The number of hydrogen-bond acceptors (Lipinski definition) is 1. The average Bonchev–Trinajstić information content (AvgIpc) is 2.97. The van der Waals surface area contributed by atoms with Crippen LogP contribution in [0.4, 0.5) is 5.69 Å². The molecule has 0 bridgehead atoms. The van der Waals surface area contributed by atoms with E-state index in [1.54, 1.807) is 0 Å². The molecule has 1 atom stereocenters. The van der Waals surface area contributed by atoms with Crippen molar-refractivity contribution in [2.24, 2.45) is 0 Å². The monoisotopic (exact) mass is 312 g/mol. The molecule has 0 fully saturated rings. The van der Waals surface area contributed by atoms with Crippen molar-refractivity contribution < 1.29 is 0 Å². The van der Waals surface area contributed by atoms with Crippen LogP contribution in [0.15, 0.2) is 72.8 Å². The minimum absolute atomic E-state index is 0.391. The molecule has 0 aliphatic carbocycles. The Kier molecular flexibility index (Phi) is 2.93. The average molecular weight is 312 g/mol. The summed E-state index contributed by atoms with van der Waals surface area (Å²) in [5.41, 5.74) is 5.46. The standard InChI is InChI=1S/C22H20N2/c1-23-15-14-22(18-10-4-5-11-19(18)23)24-20-12-6-2-8-16(20)17-9-3-7-13-21(17)24/h2-13,22H,14-15H2,1H3. The summed E-state index contributed by atoms with van der Waals surface area (Å²) in [5, 5.41) is 2.70. The fourth-order valence-electron chi connectivity index (χ4n) is 4.27. The third-order valence-corrected chi connectivity index (χ3v) is 5.37. The molecule has 1 aliphatic heterocycles. The summed E-state index contributed by atoms with van der Waals surface area (Å²) in [4.78, 5) is 2.37. The quantitative estimate of drug-likeness (QED) is 0.467. The van der Waals surface area contributed by atoms with Gasteiger partial charge in [0.2, 0.25) is 0 Å². The Hall–Kier alpha value is -2.74. The molecule has 1 unspecified atom stereocenters. The molecule has 2 heterocycles. The second-order valence-electron chi connectivity index (χ2n) is 6.69. The first-order valence-corrected chi connectivity index (χ1v) is 8.62. The van der Waals surface area contributed by atoms with Crippen LogP contribution in [0.2, 0.25) is 0 Å². The Morgan fingerprint density at radius 1 is 0.750 bits per heavy atom. The predicted molar refractivity (Wildman–Crippen MR) is 102 cm³/mol. The Morgan fingerprint density at radius 3 is 2.04 bits per heavy atom. The summed E-state index contributed by atoms with van der Waals surface area (Å²) in [5.74, 6) is 0. The molecule has 0 saturated carbocycles. The molecular formula is C22H20N2. The van der Waals surface area contributed by atoms with Crippen molar-refractivity contribution in [3.05, 3.63) is 78.4 Å². The fraction of sp³-hybridized carbons (Fsp3) is 0.182. The lowest BCUT2D eigenvalue weighted by Crippen LogP contribution is -2.29. The maximum atomic E-state index is 2.55. The largest absolute Gasteiger partial charge is 0.374 e. The molecule has 1 aromatic heterocycles. The molecule has 0 N–H and O–H groups in total. The molecule has 5 rings (SSSR count). The molecule has 0 radical (unpaired) electrons. The van der Waals surface area contributed by atoms with Gasteiger partial charge in [-0.1, -0.05) is 54.6 Å². The van der Waals surface area contributed by atoms with Gasteiger partial charge in [0, 0.05) is 41.1 Å². The second-order valence-corrected chi connectivity index (χ2v) is 6.69. The van der Waals surface area contributed by atoms with Gasteiger partial charge in [-0.3, -0.25) is 0 Å². The summed E-state index contributed by atoms with van der Waals surface area (Å²) >= 11 is 0. The number of hydrogen-bond donors (Lipinski definition) is 0. The smallest absolute Gasteiger partial charge is 0.0629 e. The van der Waals surface area contributed by atoms with E-state index in [0.717, 1.165) is 13.0 Å². The number of fused-ring (bicyclic) bond motifs is 4. The zero-order valence-electron chi connectivity index (χ0n) is 13.8. The first-order chi connectivity index (χ1) is 11.8. The summed E-state index contributed by atoms with van der Waals surface area (Å²) in [6.07, 6.45) is 1.14. The highest BCUT2D eigenvalue weighted by Gasteiger charge is 2.26. The van der Waals surface area contributed by atoms with Crippen molar-refractivity contribution in [1.29, 1.82) is 0 Å². The Bertz CT molecular complexity index is 991. The van der Waals surface area contributed by atoms with Gasteiger partial charge >= 0.3 is 0 Å². The Balaban J connectivity index is 1.85. The van der Waals surface area contributed by atoms with Crippen LogP contribution in [0, 0.1) is 0 Å². The highest BCUT2D eigenvalue weighted by Crippen LogP contribution is 2.40. The van der Waals surface area contributed by atoms with Crippen molar-refractivity contribution >= 4 is 27.5 Å². The molecule has 0 amide bonds. The van der Waals surface area contributed by atoms with Gasteiger partial charge < -0.3 is 9.47 Å². The Labute approximate surface area is 141 Å². The van der Waals surface area contributed by atoms with Gasteiger partial charge in [0.15, 0.2) is 0 Å². The van der Waals surface area contributed by atoms with Crippen molar-refractivity contribution in [1.82, 2.24) is 4.57 Å². The zero-order chi connectivity index (χ0) is 16.1. The number of benzene rings is 3. The lowest BCUT2D eigenvalue weighted by molar-refractivity contribution is 0.546. The lowest BCUT2D eigenvalue weighted by Gasteiger charge is -2.34. The van der Waals surface area contributed by atoms with Crippen molar-refractivity contribution in [2.45, 2.75) is 12.5 Å². The normalized spacial score (nSPS) is 17.4. The molecule has 2 heteroatoms. The fourth-order valence-corrected chi connectivity index (χ4v) is 4.27. The van der Waals surface area contributed by atoms with E-state index in [9.17, 15) is 0 Å². The number of rotatable bonds is 1. The van der Waals surface area contributed by atoms with Crippen molar-refractivity contribution in [2.75, 3.05) is 18.5 Å². The summed E-state index contributed by atoms with van der Waals surface area (Å²) < 4.78 is 2.55. The van der Waals surface area contributed by atoms with Gasteiger partial charge in [0.25, 0.3) is 0 Å². The van der Waals surface area contributed by atoms with E-state index in [1.807, 2.05) is 0 Å². The first-order valence-electron chi connectivity index (χ1n) is 8.62. The molecular weight excluding hydrogens is 292 g/mol. The highest BCUT2D eigenvalue weighted by molar-refractivity contribution is 6.08. The van der Waals surface area contributed by atoms with Crippen LogP contribution in [-0.2, 0) is 0 Å². The third-order valence-electron chi connectivity index (χ3n) is 5.37. The van der Waals surface area contributed by atoms with Crippen LogP contribution in [0.3, 0.4) is 0 Å². The third kappa shape index (κ3) is 1.83. The van der Waals surface area contributed by atoms with Gasteiger partial charge in [-0.05, 0) is 30.2 Å². The summed E-state index contributed by atoms with van der Waals surface area (Å²) in [6.45, 7) is 1.09. The molecule has 118 valence electrons. The maximum Gasteiger partial charge on any atom is 0.0629 e. The summed E-state index contributed by atoms with van der Waals surface area (Å²) in [6, 6.07) is 26.8. The van der Waals surface area contributed by atoms with E-state index in [4.69, 9.17) is 0 Å². The van der Waals surface area contributed by atoms with Gasteiger partial charge in [0.05, 0.1) is 6.04 Å². The topological polar surface area (TPSA) is 8.17 Å². The zero-order valence-corrected chi connectivity index (χ0v) is 13.8. The molecule has 4 aromatic rings. The second kappa shape index (κ2) is 5.13. The van der Waals surface area contributed by atoms with Crippen LogP contribution in [0.1, 0.15) is 18.0 Å². The van der Waals surface area contributed by atoms with Crippen LogP contribution in [-0.4, -0.2) is 18.2 Å². The lowest BCUT2D eigenvalue weighted by atomic mass is 9.96. The van der Waals surface area contributed by atoms with Crippen molar-refractivity contribution in [3.63, 3.8) is 0 Å². The van der Waals surface area contributed by atoms with E-state index >= 15 is 0 Å². The van der Waals surface area contributed by atoms with Gasteiger partial charge in [-0.2, -0.15) is 0 Å². The number of nitrogens with zero attached hydrogens (tertiary/aromatic N) is 2. The van der Waals surface area contributed by atoms with E-state index in [2.05, 4.69) is 89.3 Å². The minimum atomic E-state index is 0.391. The number of aromatic nitrogens is 1. The molecule has 1 aliphatic rings. The predicted octanol–water partition coefficient (Wildman–Crippen LogP) is 5.22. The van der Waals surface area contributed by atoms with Crippen LogP contribution in [0.25, 0.3) is 21.8 Å². The first kappa shape index (κ1) is 13.7. The highest BCUT2D eigenvalue weighted by atomic mass is 15.1. The van der Waals surface area contributed by atoms with Gasteiger partial charge in [-0.15, -0.1) is 0 Å². The maximum absolute atomic E-state index is 2.55. The van der Waals surface area contributed by atoms with Crippen molar-refractivity contribution in [3.8, 4) is 0 Å². The van der Waals surface area contributed by atoms with E-state index < -0.39 is 0 Å². The molecule has 0 saturated heterocycles. The van der Waals surface area contributed by atoms with E-state index in [1.165, 1.54) is 33.1 Å². The van der Waals surface area contributed by atoms with E-state index in [-0.39, 0.29) is 0 Å². The summed E-state index contributed by atoms with van der Waals surface area (Å²) in [7, 11) is 2.20. The van der Waals surface area contributed by atoms with Gasteiger partial charge in [-0.25, -0.2) is 0 Å². The van der Waals surface area contributed by atoms with E-state index in [0.29, 0.717) is 6.04 Å². The minimum Gasteiger partial charge on any atom is -0.374 e. The molecule has 0 spiro atoms. The molecule has 3 aromatic carbocycles. The van der Waals surface area contributed by atoms with Crippen LogP contribution < -0.4 is 4.90 Å². The SMILES string of the molecule is CN1CCC(n2c3ccccc3c3ccccc32)c2ccccc21. The number of anilines is 1. The molecule has 2 nitrogen and oxygen atoms in total. The van der Waals surface area contributed by atoms with Gasteiger partial charge in [0.1, 0.15) is 0 Å². The van der Waals surface area contributed by atoms with Crippen LogP contribution >= 0.6 is 0 Å². The Morgan fingerprint density at radius 2 is 1.33 bits per heavy atom. The molecule has 24 heavy (non-hydrogen) atoms. The van der Waals surface area contributed by atoms with Crippen LogP contribution in [0.5, 0.6) is 0 Å².